The van der Waals surface area contributed by atoms with Gasteiger partial charge in [0.2, 0.25) is 0 Å². The van der Waals surface area contributed by atoms with E-state index < -0.39 is 0 Å². The Kier molecular flexibility index (Phi) is 3.37. The molecule has 22 heavy (non-hydrogen) atoms. The third-order valence-electron chi connectivity index (χ3n) is 4.09. The lowest BCUT2D eigenvalue weighted by molar-refractivity contribution is 0.321. The summed E-state index contributed by atoms with van der Waals surface area (Å²) in [5.74, 6) is -0.207. The lowest BCUT2D eigenvalue weighted by Gasteiger charge is -2.27. The molecule has 0 aliphatic carbocycles. The number of pyridine rings is 1. The molecule has 2 aliphatic rings. The maximum absolute atomic E-state index is 13.3. The second kappa shape index (κ2) is 5.39. The van der Waals surface area contributed by atoms with Crippen LogP contribution in [0, 0.1) is 5.82 Å². The molecular formula is C17H16FN3S. The molecular weight excluding hydrogens is 297 g/mol. The van der Waals surface area contributed by atoms with E-state index >= 15 is 0 Å². The predicted molar refractivity (Wildman–Crippen MR) is 87.3 cm³/mol. The highest BCUT2D eigenvalue weighted by Gasteiger charge is 2.43. The zero-order valence-electron chi connectivity index (χ0n) is 12.2. The minimum atomic E-state index is -0.207. The lowest BCUT2D eigenvalue weighted by Crippen LogP contribution is -2.28. The Morgan fingerprint density at radius 3 is 2.73 bits per heavy atom. The monoisotopic (exact) mass is 313 g/mol. The van der Waals surface area contributed by atoms with E-state index in [9.17, 15) is 4.39 Å². The van der Waals surface area contributed by atoms with Crippen LogP contribution in [0.15, 0.2) is 53.7 Å². The second-order valence-corrected chi connectivity index (χ2v) is 7.09. The van der Waals surface area contributed by atoms with Gasteiger partial charge in [-0.05, 0) is 29.8 Å². The lowest BCUT2D eigenvalue weighted by atomic mass is 9.96. The van der Waals surface area contributed by atoms with Crippen LogP contribution in [0.4, 0.5) is 4.39 Å². The number of hydrogen-bond donors (Lipinski definition) is 0. The first-order valence-corrected chi connectivity index (χ1v) is 8.28. The molecule has 3 nitrogen and oxygen atoms in total. The normalized spacial score (nSPS) is 26.9. The number of halogens is 1. The van der Waals surface area contributed by atoms with Crippen LogP contribution in [-0.2, 0) is 0 Å². The van der Waals surface area contributed by atoms with Gasteiger partial charge in [-0.3, -0.25) is 9.98 Å². The minimum Gasteiger partial charge on any atom is -0.341 e. The third kappa shape index (κ3) is 2.29. The smallest absolute Gasteiger partial charge is 0.160 e. The Labute approximate surface area is 133 Å². The first kappa shape index (κ1) is 13.8. The van der Waals surface area contributed by atoms with Crippen LogP contribution in [0.3, 0.4) is 0 Å². The van der Waals surface area contributed by atoms with E-state index in [1.165, 1.54) is 12.1 Å². The molecule has 1 aromatic carbocycles. The molecule has 0 N–H and O–H groups in total. The van der Waals surface area contributed by atoms with Crippen molar-refractivity contribution in [2.75, 3.05) is 6.54 Å². The van der Waals surface area contributed by atoms with Crippen molar-refractivity contribution in [1.82, 2.24) is 9.88 Å². The standard InChI is InChI=1S/C17H16FN3S/c1-11-10-21-16(12-5-7-13(18)8-6-12)15(20-17(21)22-11)14-4-2-3-9-19-14/h2-9,11,15-16H,10H2,1H3/t11-,15+,16-/m0/s1. The molecule has 0 spiro atoms. The summed E-state index contributed by atoms with van der Waals surface area (Å²) in [6, 6.07) is 12.8. The van der Waals surface area contributed by atoms with Gasteiger partial charge in [-0.1, -0.05) is 36.9 Å². The molecule has 3 heterocycles. The quantitative estimate of drug-likeness (QED) is 0.844. The zero-order chi connectivity index (χ0) is 15.1. The molecule has 2 aliphatic heterocycles. The van der Waals surface area contributed by atoms with E-state index in [-0.39, 0.29) is 17.9 Å². The highest BCUT2D eigenvalue weighted by atomic mass is 32.2. The molecule has 0 saturated carbocycles. The molecule has 0 amide bonds. The number of fused-ring (bicyclic) bond motifs is 1. The predicted octanol–water partition coefficient (Wildman–Crippen LogP) is 3.81. The van der Waals surface area contributed by atoms with Gasteiger partial charge in [-0.25, -0.2) is 4.39 Å². The number of amidine groups is 1. The largest absolute Gasteiger partial charge is 0.341 e. The van der Waals surface area contributed by atoms with Crippen molar-refractivity contribution in [2.24, 2.45) is 4.99 Å². The summed E-state index contributed by atoms with van der Waals surface area (Å²) in [7, 11) is 0. The number of aliphatic imine (C=N–C) groups is 1. The second-order valence-electron chi connectivity index (χ2n) is 5.69. The fraction of sp³-hybridized carbons (Fsp3) is 0.294. The van der Waals surface area contributed by atoms with E-state index in [0.29, 0.717) is 5.25 Å². The summed E-state index contributed by atoms with van der Waals surface area (Å²) in [6.45, 7) is 3.18. The van der Waals surface area contributed by atoms with Gasteiger partial charge in [0.05, 0.1) is 11.7 Å². The summed E-state index contributed by atoms with van der Waals surface area (Å²) in [4.78, 5) is 11.7. The highest BCUT2D eigenvalue weighted by Crippen LogP contribution is 2.47. The van der Waals surface area contributed by atoms with E-state index in [2.05, 4.69) is 16.8 Å². The van der Waals surface area contributed by atoms with Crippen molar-refractivity contribution in [2.45, 2.75) is 24.3 Å². The van der Waals surface area contributed by atoms with Gasteiger partial charge in [-0.15, -0.1) is 0 Å². The molecule has 0 radical (unpaired) electrons. The summed E-state index contributed by atoms with van der Waals surface area (Å²) in [6.07, 6.45) is 1.80. The minimum absolute atomic E-state index is 0.0262. The van der Waals surface area contributed by atoms with Crippen molar-refractivity contribution >= 4 is 16.9 Å². The van der Waals surface area contributed by atoms with Gasteiger partial charge >= 0.3 is 0 Å². The van der Waals surface area contributed by atoms with Gasteiger partial charge in [0.25, 0.3) is 0 Å². The van der Waals surface area contributed by atoms with Gasteiger partial charge < -0.3 is 4.90 Å². The first-order valence-electron chi connectivity index (χ1n) is 7.40. The van der Waals surface area contributed by atoms with E-state index in [4.69, 9.17) is 4.99 Å². The van der Waals surface area contributed by atoms with Gasteiger partial charge in [0.15, 0.2) is 5.17 Å². The average molecular weight is 313 g/mol. The van der Waals surface area contributed by atoms with Gasteiger partial charge in [0, 0.05) is 18.0 Å². The third-order valence-corrected chi connectivity index (χ3v) is 5.19. The Morgan fingerprint density at radius 1 is 1.18 bits per heavy atom. The molecule has 4 rings (SSSR count). The SMILES string of the molecule is C[C@H]1CN2C(=N[C@H](c3ccccn3)[C@@H]2c2ccc(F)cc2)S1. The van der Waals surface area contributed by atoms with E-state index in [0.717, 1.165) is 23.0 Å². The van der Waals surface area contributed by atoms with Gasteiger partial charge in [0.1, 0.15) is 11.9 Å². The number of rotatable bonds is 2. The highest BCUT2D eigenvalue weighted by molar-refractivity contribution is 8.14. The molecule has 1 aromatic heterocycles. The Morgan fingerprint density at radius 2 is 2.00 bits per heavy atom. The van der Waals surface area contributed by atoms with E-state index in [1.807, 2.05) is 42.1 Å². The molecule has 1 saturated heterocycles. The van der Waals surface area contributed by atoms with Crippen LogP contribution < -0.4 is 0 Å². The number of benzene rings is 1. The van der Waals surface area contributed by atoms with Crippen LogP contribution in [-0.4, -0.2) is 26.8 Å². The average Bonchev–Trinajstić information content (AvgIpc) is 3.05. The Hall–Kier alpha value is -1.88. The summed E-state index contributed by atoms with van der Waals surface area (Å²) in [5, 5.41) is 1.61. The van der Waals surface area contributed by atoms with Crippen LogP contribution in [0.5, 0.6) is 0 Å². The van der Waals surface area contributed by atoms with Crippen LogP contribution in [0.2, 0.25) is 0 Å². The van der Waals surface area contributed by atoms with Gasteiger partial charge in [-0.2, -0.15) is 0 Å². The van der Waals surface area contributed by atoms with Crippen LogP contribution in [0.25, 0.3) is 0 Å². The van der Waals surface area contributed by atoms with Crippen LogP contribution >= 0.6 is 11.8 Å². The maximum Gasteiger partial charge on any atom is 0.160 e. The summed E-state index contributed by atoms with van der Waals surface area (Å²) in [5.41, 5.74) is 2.05. The fourth-order valence-corrected chi connectivity index (χ4v) is 4.23. The Bertz CT molecular complexity index is 702. The number of hydrogen-bond acceptors (Lipinski definition) is 4. The Balaban J connectivity index is 1.76. The molecule has 2 aromatic rings. The van der Waals surface area contributed by atoms with Crippen molar-refractivity contribution in [3.05, 3.63) is 65.7 Å². The van der Waals surface area contributed by atoms with E-state index in [1.54, 1.807) is 6.20 Å². The summed E-state index contributed by atoms with van der Waals surface area (Å²) >= 11 is 1.81. The molecule has 1 fully saturated rings. The zero-order valence-corrected chi connectivity index (χ0v) is 13.0. The van der Waals surface area contributed by atoms with Crippen LogP contribution in [0.1, 0.15) is 30.3 Å². The molecule has 5 heteroatoms. The number of aromatic nitrogens is 1. The summed E-state index contributed by atoms with van der Waals surface area (Å²) < 4.78 is 13.3. The molecule has 112 valence electrons. The number of nitrogens with zero attached hydrogens (tertiary/aromatic N) is 3. The number of thioether (sulfide) groups is 1. The van der Waals surface area contributed by atoms with Crippen molar-refractivity contribution < 1.29 is 4.39 Å². The van der Waals surface area contributed by atoms with Crippen molar-refractivity contribution in [3.63, 3.8) is 0 Å². The first-order chi connectivity index (χ1) is 10.7. The molecule has 0 bridgehead atoms. The topological polar surface area (TPSA) is 28.5 Å². The van der Waals surface area contributed by atoms with Crippen molar-refractivity contribution in [1.29, 1.82) is 0 Å². The maximum atomic E-state index is 13.3. The molecule has 0 unspecified atom stereocenters. The fourth-order valence-electron chi connectivity index (χ4n) is 3.14. The molecule has 3 atom stereocenters. The van der Waals surface area contributed by atoms with Crippen molar-refractivity contribution in [3.8, 4) is 0 Å².